The number of nitrogens with zero attached hydrogens (tertiary/aromatic N) is 3. The summed E-state index contributed by atoms with van der Waals surface area (Å²) >= 11 is 0. The van der Waals surface area contributed by atoms with E-state index in [0.29, 0.717) is 17.7 Å². The Labute approximate surface area is 96.1 Å². The second kappa shape index (κ2) is 6.73. The summed E-state index contributed by atoms with van der Waals surface area (Å²) in [6.07, 6.45) is -3.15. The maximum atomic E-state index is 12.0. The first-order valence-corrected chi connectivity index (χ1v) is 4.83. The van der Waals surface area contributed by atoms with Crippen molar-refractivity contribution >= 4 is 5.91 Å². The lowest BCUT2D eigenvalue weighted by Gasteiger charge is -2.18. The van der Waals surface area contributed by atoms with Gasteiger partial charge in [-0.1, -0.05) is 0 Å². The van der Waals surface area contributed by atoms with Crippen molar-refractivity contribution in [3.63, 3.8) is 0 Å². The molecule has 0 bridgehead atoms. The minimum absolute atomic E-state index is 0.0537. The number of diazo groups is 1. The molecule has 0 aliphatic carbocycles. The average Bonchev–Trinajstić information content (AvgIpc) is 2.22. The molecular weight excluding hydrogens is 239 g/mol. The zero-order chi connectivity index (χ0) is 13.5. The van der Waals surface area contributed by atoms with E-state index in [1.54, 1.807) is 0 Å². The molecule has 1 amide bonds. The Kier molecular flexibility index (Phi) is 6.02. The summed E-state index contributed by atoms with van der Waals surface area (Å²) in [7, 11) is 1.06. The molecule has 0 fully saturated rings. The minimum Gasteiger partial charge on any atom is -0.505 e. The highest BCUT2D eigenvalue weighted by molar-refractivity contribution is 5.81. The summed E-state index contributed by atoms with van der Waals surface area (Å²) in [4.78, 5) is 13.9. The lowest BCUT2D eigenvalue weighted by atomic mass is 10.2. The number of unbranched alkanes of at least 4 members (excludes halogenated alkanes) is 1. The monoisotopic (exact) mass is 252 g/mol. The number of aliphatic hydroxyl groups is 1. The van der Waals surface area contributed by atoms with E-state index in [-0.39, 0.29) is 18.7 Å². The quantitative estimate of drug-likeness (QED) is 0.464. The summed E-state index contributed by atoms with van der Waals surface area (Å²) in [5.41, 5.74) is 0. The molecular formula is C9H13F3N3O2+. The van der Waals surface area contributed by atoms with E-state index in [9.17, 15) is 18.0 Å². The van der Waals surface area contributed by atoms with Crippen LogP contribution in [0, 0.1) is 5.39 Å². The van der Waals surface area contributed by atoms with E-state index >= 15 is 0 Å². The molecule has 5 nitrogen and oxygen atoms in total. The van der Waals surface area contributed by atoms with Gasteiger partial charge in [-0.3, -0.25) is 4.79 Å². The van der Waals surface area contributed by atoms with Crippen LogP contribution >= 0.6 is 0 Å². The molecule has 17 heavy (non-hydrogen) atoms. The summed E-state index contributed by atoms with van der Waals surface area (Å²) in [5.74, 6) is -2.06. The predicted molar refractivity (Wildman–Crippen MR) is 53.3 cm³/mol. The number of aliphatic hydroxyl groups excluding tert-OH is 1. The van der Waals surface area contributed by atoms with E-state index in [4.69, 9.17) is 10.5 Å². The van der Waals surface area contributed by atoms with Crippen molar-refractivity contribution in [2.75, 3.05) is 13.6 Å². The minimum atomic E-state index is -4.85. The van der Waals surface area contributed by atoms with Crippen LogP contribution in [-0.2, 0) is 4.79 Å². The molecule has 0 aromatic carbocycles. The topological polar surface area (TPSA) is 68.7 Å². The van der Waals surface area contributed by atoms with Crippen LogP contribution < -0.4 is 0 Å². The fourth-order valence-electron chi connectivity index (χ4n) is 1.10. The summed E-state index contributed by atoms with van der Waals surface area (Å²) in [6, 6.07) is 0. The van der Waals surface area contributed by atoms with Gasteiger partial charge in [0.2, 0.25) is 5.39 Å². The Balaban J connectivity index is 3.88. The molecule has 96 valence electrons. The second-order valence-electron chi connectivity index (χ2n) is 3.42. The molecule has 0 saturated heterocycles. The number of hydrogen-bond acceptors (Lipinski definition) is 3. The summed E-state index contributed by atoms with van der Waals surface area (Å²) in [6.45, 7) is -0.0537. The van der Waals surface area contributed by atoms with Crippen molar-refractivity contribution in [1.82, 2.24) is 4.90 Å². The molecule has 0 aromatic heterocycles. The first kappa shape index (κ1) is 15.2. The van der Waals surface area contributed by atoms with Gasteiger partial charge in [0.25, 0.3) is 0 Å². The van der Waals surface area contributed by atoms with Gasteiger partial charge in [-0.15, -0.1) is 0 Å². The molecule has 0 spiro atoms. The third-order valence-corrected chi connectivity index (χ3v) is 1.97. The van der Waals surface area contributed by atoms with E-state index in [0.717, 1.165) is 13.2 Å². The third-order valence-electron chi connectivity index (χ3n) is 1.97. The van der Waals surface area contributed by atoms with Crippen molar-refractivity contribution in [3.8, 4) is 0 Å². The summed E-state index contributed by atoms with van der Waals surface area (Å²) < 4.78 is 35.9. The Bertz CT molecular complexity index is 333. The standard InChI is InChI=1S/C9H12F3N3O2/c1-15(8(17)9(10,11)12)5-3-2-4-7(16)6-14-13/h6H,2-5H2,1H3/p+1/b7-6-. The lowest BCUT2D eigenvalue weighted by molar-refractivity contribution is -0.184. The van der Waals surface area contributed by atoms with Crippen LogP contribution in [0.3, 0.4) is 0 Å². The highest BCUT2D eigenvalue weighted by atomic mass is 19.4. The third kappa shape index (κ3) is 6.40. The molecule has 8 heteroatoms. The molecule has 0 unspecified atom stereocenters. The number of allylic oxidation sites excluding steroid dienone is 1. The van der Waals surface area contributed by atoms with Gasteiger partial charge in [0, 0.05) is 20.0 Å². The largest absolute Gasteiger partial charge is 0.505 e. The van der Waals surface area contributed by atoms with Crippen LogP contribution in [0.5, 0.6) is 0 Å². The first-order valence-electron chi connectivity index (χ1n) is 4.83. The van der Waals surface area contributed by atoms with Crippen molar-refractivity contribution in [1.29, 1.82) is 5.39 Å². The zero-order valence-corrected chi connectivity index (χ0v) is 9.24. The molecule has 0 aromatic rings. The van der Waals surface area contributed by atoms with Gasteiger partial charge >= 0.3 is 18.3 Å². The van der Waals surface area contributed by atoms with Crippen LogP contribution in [0.15, 0.2) is 12.0 Å². The Hall–Kier alpha value is -1.78. The van der Waals surface area contributed by atoms with Crippen molar-refractivity contribution in [3.05, 3.63) is 16.9 Å². The molecule has 0 aliphatic rings. The molecule has 0 heterocycles. The van der Waals surface area contributed by atoms with E-state index in [1.165, 1.54) is 0 Å². The van der Waals surface area contributed by atoms with Gasteiger partial charge in [0.05, 0.1) is 0 Å². The van der Waals surface area contributed by atoms with Gasteiger partial charge in [-0.05, 0) is 12.8 Å². The van der Waals surface area contributed by atoms with Crippen molar-refractivity contribution in [2.24, 2.45) is 0 Å². The summed E-state index contributed by atoms with van der Waals surface area (Å²) in [5, 5.41) is 17.1. The lowest BCUT2D eigenvalue weighted by Crippen LogP contribution is -2.38. The van der Waals surface area contributed by atoms with Gasteiger partial charge in [0.15, 0.2) is 10.7 Å². The fourth-order valence-corrected chi connectivity index (χ4v) is 1.10. The maximum Gasteiger partial charge on any atom is 0.471 e. The second-order valence-corrected chi connectivity index (χ2v) is 3.42. The number of amides is 1. The first-order chi connectivity index (χ1) is 7.79. The van der Waals surface area contributed by atoms with Gasteiger partial charge in [-0.25, -0.2) is 0 Å². The maximum absolute atomic E-state index is 12.0. The van der Waals surface area contributed by atoms with E-state index < -0.39 is 12.1 Å². The molecule has 0 radical (unpaired) electrons. The smallest absolute Gasteiger partial charge is 0.471 e. The number of alkyl halides is 3. The molecule has 0 rings (SSSR count). The Morgan fingerprint density at radius 3 is 2.53 bits per heavy atom. The van der Waals surface area contributed by atoms with Gasteiger partial charge in [-0.2, -0.15) is 13.2 Å². The number of halogens is 3. The van der Waals surface area contributed by atoms with Gasteiger partial charge in [0.1, 0.15) is 0 Å². The molecule has 0 aliphatic heterocycles. The highest BCUT2D eigenvalue weighted by Crippen LogP contribution is 2.18. The predicted octanol–water partition coefficient (Wildman–Crippen LogP) is 2.43. The number of carbonyl (C=O) groups excluding carboxylic acids is 1. The number of rotatable bonds is 5. The van der Waals surface area contributed by atoms with Gasteiger partial charge < -0.3 is 10.0 Å². The molecule has 0 atom stereocenters. The normalized spacial score (nSPS) is 12.1. The van der Waals surface area contributed by atoms with Crippen molar-refractivity contribution in [2.45, 2.75) is 25.4 Å². The number of hydrogen-bond donors (Lipinski definition) is 1. The van der Waals surface area contributed by atoms with Crippen LogP contribution in [0.4, 0.5) is 13.2 Å². The highest BCUT2D eigenvalue weighted by Gasteiger charge is 2.40. The average molecular weight is 252 g/mol. The zero-order valence-electron chi connectivity index (χ0n) is 9.24. The SMILES string of the molecule is CN(CCCC/C(O)=C/[N+]#N)C(=O)C(F)(F)F. The van der Waals surface area contributed by atoms with Crippen molar-refractivity contribution < 1.29 is 23.1 Å². The van der Waals surface area contributed by atoms with Crippen LogP contribution in [0.1, 0.15) is 19.3 Å². The van der Waals surface area contributed by atoms with E-state index in [2.05, 4.69) is 4.98 Å². The van der Waals surface area contributed by atoms with E-state index in [1.807, 2.05) is 0 Å². The van der Waals surface area contributed by atoms with Crippen LogP contribution in [-0.4, -0.2) is 35.7 Å². The van der Waals surface area contributed by atoms with Crippen LogP contribution in [0.25, 0.3) is 4.98 Å². The molecule has 1 N–H and O–H groups in total. The fraction of sp³-hybridized carbons (Fsp3) is 0.667. The number of carbonyl (C=O) groups is 1. The Morgan fingerprint density at radius 2 is 2.06 bits per heavy atom. The molecule has 0 saturated carbocycles. The van der Waals surface area contributed by atoms with Crippen LogP contribution in [0.2, 0.25) is 0 Å². The Morgan fingerprint density at radius 1 is 1.47 bits per heavy atom.